The van der Waals surface area contributed by atoms with Gasteiger partial charge in [0, 0.05) is 12.1 Å². The zero-order valence-electron chi connectivity index (χ0n) is 14.6. The molecule has 0 aromatic heterocycles. The number of aromatic hydroxyl groups is 1. The summed E-state index contributed by atoms with van der Waals surface area (Å²) in [5.41, 5.74) is 2.49. The number of phenolic OH excluding ortho intramolecular Hbond substituents is 1. The number of nitrogens with one attached hydrogen (secondary N) is 1. The lowest BCUT2D eigenvalue weighted by Crippen LogP contribution is -2.39. The van der Waals surface area contributed by atoms with Crippen molar-refractivity contribution in [3.63, 3.8) is 0 Å². The van der Waals surface area contributed by atoms with E-state index in [1.165, 1.54) is 12.1 Å². The third-order valence-electron chi connectivity index (χ3n) is 4.01. The number of hydrogen-bond donors (Lipinski definition) is 2. The molecule has 1 aliphatic heterocycles. The Bertz CT molecular complexity index is 922. The monoisotopic (exact) mass is 382 g/mol. The number of hydrogen-bond acceptors (Lipinski definition) is 5. The molecule has 6 nitrogen and oxygen atoms in total. The number of benzene rings is 2. The first-order valence-electron chi connectivity index (χ1n) is 8.29. The van der Waals surface area contributed by atoms with Crippen LogP contribution in [0.5, 0.6) is 5.75 Å². The number of para-hydroxylation sites is 1. The number of carbonyl (C=O) groups is 3. The summed E-state index contributed by atoms with van der Waals surface area (Å²) in [6.07, 6.45) is 1.45. The van der Waals surface area contributed by atoms with E-state index in [0.717, 1.165) is 27.8 Å². The first-order chi connectivity index (χ1) is 12.9. The Morgan fingerprint density at radius 2 is 1.85 bits per heavy atom. The lowest BCUT2D eigenvalue weighted by Gasteiger charge is -2.12. The van der Waals surface area contributed by atoms with E-state index in [-0.39, 0.29) is 17.2 Å². The van der Waals surface area contributed by atoms with Gasteiger partial charge in [0.1, 0.15) is 12.3 Å². The third kappa shape index (κ3) is 4.57. The van der Waals surface area contributed by atoms with E-state index in [4.69, 9.17) is 0 Å². The van der Waals surface area contributed by atoms with Crippen LogP contribution in [0.1, 0.15) is 16.7 Å². The molecule has 0 atom stereocenters. The topological polar surface area (TPSA) is 86.7 Å². The summed E-state index contributed by atoms with van der Waals surface area (Å²) in [4.78, 5) is 37.7. The lowest BCUT2D eigenvalue weighted by molar-refractivity contribution is -0.129. The van der Waals surface area contributed by atoms with Crippen LogP contribution >= 0.6 is 11.8 Å². The molecule has 3 amide bonds. The van der Waals surface area contributed by atoms with Gasteiger partial charge in [-0.15, -0.1) is 0 Å². The van der Waals surface area contributed by atoms with Crippen LogP contribution in [0.3, 0.4) is 0 Å². The average molecular weight is 382 g/mol. The highest BCUT2D eigenvalue weighted by molar-refractivity contribution is 8.18. The van der Waals surface area contributed by atoms with Crippen molar-refractivity contribution in [1.29, 1.82) is 0 Å². The summed E-state index contributed by atoms with van der Waals surface area (Å²) < 4.78 is 0. The second kappa shape index (κ2) is 8.09. The van der Waals surface area contributed by atoms with Crippen LogP contribution in [0.2, 0.25) is 0 Å². The summed E-state index contributed by atoms with van der Waals surface area (Å²) in [6.45, 7) is 1.96. The van der Waals surface area contributed by atoms with Crippen LogP contribution in [0.15, 0.2) is 53.4 Å². The molecule has 2 aromatic carbocycles. The maximum absolute atomic E-state index is 12.4. The van der Waals surface area contributed by atoms with Gasteiger partial charge in [-0.25, -0.2) is 0 Å². The molecule has 1 fully saturated rings. The molecule has 138 valence electrons. The zero-order chi connectivity index (χ0) is 19.4. The van der Waals surface area contributed by atoms with Crippen molar-refractivity contribution < 1.29 is 19.5 Å². The minimum Gasteiger partial charge on any atom is -0.507 e. The normalized spacial score (nSPS) is 15.4. The molecule has 1 heterocycles. The maximum atomic E-state index is 12.4. The highest BCUT2D eigenvalue weighted by Crippen LogP contribution is 2.33. The highest BCUT2D eigenvalue weighted by Gasteiger charge is 2.36. The Morgan fingerprint density at radius 3 is 2.56 bits per heavy atom. The molecule has 0 aliphatic carbocycles. The molecule has 27 heavy (non-hydrogen) atoms. The highest BCUT2D eigenvalue weighted by atomic mass is 32.2. The van der Waals surface area contributed by atoms with Crippen molar-refractivity contribution in [1.82, 2.24) is 10.2 Å². The van der Waals surface area contributed by atoms with Gasteiger partial charge < -0.3 is 10.4 Å². The molecule has 3 rings (SSSR count). The molecule has 0 radical (unpaired) electrons. The minimum absolute atomic E-state index is 0.0140. The van der Waals surface area contributed by atoms with Crippen molar-refractivity contribution >= 4 is 34.9 Å². The number of amides is 3. The maximum Gasteiger partial charge on any atom is 0.294 e. The number of aryl methyl sites for hydroxylation is 1. The summed E-state index contributed by atoms with van der Waals surface area (Å²) in [6, 6.07) is 14.2. The summed E-state index contributed by atoms with van der Waals surface area (Å²) in [5, 5.41) is 12.0. The molecular weight excluding hydrogens is 364 g/mol. The second-order valence-electron chi connectivity index (χ2n) is 6.09. The van der Waals surface area contributed by atoms with Gasteiger partial charge in [-0.05, 0) is 36.4 Å². The van der Waals surface area contributed by atoms with E-state index in [1.54, 1.807) is 18.2 Å². The molecule has 1 aliphatic rings. The van der Waals surface area contributed by atoms with Gasteiger partial charge >= 0.3 is 0 Å². The number of imide groups is 1. The van der Waals surface area contributed by atoms with Crippen LogP contribution in [0.4, 0.5) is 4.79 Å². The quantitative estimate of drug-likeness (QED) is 0.776. The van der Waals surface area contributed by atoms with Crippen LogP contribution in [-0.2, 0) is 16.1 Å². The second-order valence-corrected chi connectivity index (χ2v) is 7.08. The zero-order valence-corrected chi connectivity index (χ0v) is 15.5. The van der Waals surface area contributed by atoms with Crippen LogP contribution in [0.25, 0.3) is 6.08 Å². The van der Waals surface area contributed by atoms with Gasteiger partial charge in [0.2, 0.25) is 5.91 Å². The van der Waals surface area contributed by atoms with Crippen molar-refractivity contribution in [2.75, 3.05) is 6.54 Å². The molecule has 0 unspecified atom stereocenters. The number of rotatable bonds is 5. The van der Waals surface area contributed by atoms with Crippen molar-refractivity contribution in [2.45, 2.75) is 13.5 Å². The molecular formula is C20H18N2O4S. The van der Waals surface area contributed by atoms with Crippen molar-refractivity contribution in [3.05, 3.63) is 70.1 Å². The Labute approximate surface area is 160 Å². The summed E-state index contributed by atoms with van der Waals surface area (Å²) in [7, 11) is 0. The van der Waals surface area contributed by atoms with Crippen LogP contribution in [0, 0.1) is 6.92 Å². The van der Waals surface area contributed by atoms with Crippen LogP contribution in [-0.4, -0.2) is 33.6 Å². The third-order valence-corrected chi connectivity index (χ3v) is 4.92. The molecule has 0 spiro atoms. The SMILES string of the molecule is Cc1ccc(CNC(=O)CN2C(=O)S/C(=C\c3ccccc3O)C2=O)cc1. The fourth-order valence-corrected chi connectivity index (χ4v) is 3.32. The Balaban J connectivity index is 1.62. The lowest BCUT2D eigenvalue weighted by atomic mass is 10.1. The molecule has 0 bridgehead atoms. The van der Waals surface area contributed by atoms with Gasteiger partial charge in [-0.2, -0.15) is 0 Å². The largest absolute Gasteiger partial charge is 0.507 e. The van der Waals surface area contributed by atoms with E-state index >= 15 is 0 Å². The van der Waals surface area contributed by atoms with E-state index in [1.807, 2.05) is 31.2 Å². The average Bonchev–Trinajstić information content (AvgIpc) is 2.90. The molecule has 0 saturated carbocycles. The summed E-state index contributed by atoms with van der Waals surface area (Å²) in [5.74, 6) is -0.944. The first kappa shape index (κ1) is 18.7. The standard InChI is InChI=1S/C20H18N2O4S/c1-13-6-8-14(9-7-13)11-21-18(24)12-22-19(25)17(27-20(22)26)10-15-4-2-3-5-16(15)23/h2-10,23H,11-12H2,1H3,(H,21,24)/b17-10-. The van der Waals surface area contributed by atoms with E-state index in [2.05, 4.69) is 5.32 Å². The Morgan fingerprint density at radius 1 is 1.15 bits per heavy atom. The minimum atomic E-state index is -0.543. The smallest absolute Gasteiger partial charge is 0.294 e. The fourth-order valence-electron chi connectivity index (χ4n) is 2.49. The Kier molecular flexibility index (Phi) is 5.61. The van der Waals surface area contributed by atoms with Gasteiger partial charge in [0.25, 0.3) is 11.1 Å². The number of thioether (sulfide) groups is 1. The Hall–Kier alpha value is -3.06. The molecule has 7 heteroatoms. The van der Waals surface area contributed by atoms with Gasteiger partial charge in [0.05, 0.1) is 4.91 Å². The van der Waals surface area contributed by atoms with Crippen molar-refractivity contribution in [3.8, 4) is 5.75 Å². The number of nitrogens with zero attached hydrogens (tertiary/aromatic N) is 1. The van der Waals surface area contributed by atoms with Crippen LogP contribution < -0.4 is 5.32 Å². The van der Waals surface area contributed by atoms with E-state index < -0.39 is 17.1 Å². The van der Waals surface area contributed by atoms with E-state index in [9.17, 15) is 19.5 Å². The van der Waals surface area contributed by atoms with Crippen molar-refractivity contribution in [2.24, 2.45) is 0 Å². The van der Waals surface area contributed by atoms with Gasteiger partial charge in [0.15, 0.2) is 0 Å². The molecule has 1 saturated heterocycles. The van der Waals surface area contributed by atoms with Gasteiger partial charge in [-0.1, -0.05) is 48.0 Å². The summed E-state index contributed by atoms with van der Waals surface area (Å²) >= 11 is 0.751. The van der Waals surface area contributed by atoms with E-state index in [0.29, 0.717) is 12.1 Å². The number of carbonyl (C=O) groups excluding carboxylic acids is 3. The predicted octanol–water partition coefficient (Wildman–Crippen LogP) is 3.05. The first-order valence-corrected chi connectivity index (χ1v) is 9.11. The fraction of sp³-hybridized carbons (Fsp3) is 0.150. The molecule has 2 aromatic rings. The molecule has 2 N–H and O–H groups in total. The predicted molar refractivity (Wildman–Crippen MR) is 104 cm³/mol. The van der Waals surface area contributed by atoms with Gasteiger partial charge in [-0.3, -0.25) is 19.3 Å². The number of phenols is 1.